The summed E-state index contributed by atoms with van der Waals surface area (Å²) < 4.78 is 0. The van der Waals surface area contributed by atoms with Crippen molar-refractivity contribution in [1.82, 2.24) is 15.1 Å². The molecule has 1 unspecified atom stereocenters. The van der Waals surface area contributed by atoms with Crippen LogP contribution in [0.2, 0.25) is 0 Å². The molecule has 1 aliphatic rings. The van der Waals surface area contributed by atoms with Crippen LogP contribution in [-0.2, 0) is 11.2 Å². The average Bonchev–Trinajstić information content (AvgIpc) is 2.83. The number of hydrogen-bond acceptors (Lipinski definition) is 5. The molecule has 1 aliphatic heterocycles. The van der Waals surface area contributed by atoms with Gasteiger partial charge in [-0.1, -0.05) is 87.0 Å². The third-order valence-electron chi connectivity index (χ3n) is 7.27. The molecule has 0 aliphatic carbocycles. The number of hydrogen-bond donors (Lipinski definition) is 2. The molecule has 3 aromatic rings. The first-order chi connectivity index (χ1) is 16.5. The highest BCUT2D eigenvalue weighted by Gasteiger charge is 2.55. The van der Waals surface area contributed by atoms with E-state index in [0.29, 0.717) is 22.7 Å². The van der Waals surface area contributed by atoms with E-state index in [2.05, 4.69) is 55.0 Å². The molecular formula is C29H34ClN3O2. The van der Waals surface area contributed by atoms with Crippen LogP contribution in [0.3, 0.4) is 0 Å². The summed E-state index contributed by atoms with van der Waals surface area (Å²) in [4.78, 5) is 2.19. The normalized spacial score (nSPS) is 19.6. The van der Waals surface area contributed by atoms with E-state index in [1.165, 1.54) is 5.56 Å². The zero-order valence-corrected chi connectivity index (χ0v) is 21.8. The Labute approximate surface area is 213 Å². The lowest BCUT2D eigenvalue weighted by Gasteiger charge is -2.55. The van der Waals surface area contributed by atoms with Crippen molar-refractivity contribution in [2.24, 2.45) is 5.41 Å². The van der Waals surface area contributed by atoms with Gasteiger partial charge in [0.2, 0.25) is 0 Å². The molecule has 0 radical (unpaired) electrons. The van der Waals surface area contributed by atoms with E-state index in [4.69, 9.17) is 11.6 Å². The molecule has 1 aromatic heterocycles. The first-order valence-electron chi connectivity index (χ1n) is 12.0. The van der Waals surface area contributed by atoms with Gasteiger partial charge in [-0.05, 0) is 48.7 Å². The van der Waals surface area contributed by atoms with Crippen molar-refractivity contribution in [3.8, 4) is 0 Å². The summed E-state index contributed by atoms with van der Waals surface area (Å²) in [6, 6.07) is 19.3. The summed E-state index contributed by atoms with van der Waals surface area (Å²) in [6.07, 6.45) is 3.24. The van der Waals surface area contributed by atoms with Gasteiger partial charge in [-0.15, -0.1) is 0 Å². The number of aromatic nitrogens is 2. The van der Waals surface area contributed by atoms with Gasteiger partial charge >= 0.3 is 0 Å². The Morgan fingerprint density at radius 1 is 1.03 bits per heavy atom. The topological polar surface area (TPSA) is 69.5 Å². The summed E-state index contributed by atoms with van der Waals surface area (Å²) >= 11 is 6.59. The quantitative estimate of drug-likeness (QED) is 0.471. The number of rotatable bonds is 7. The highest BCUT2D eigenvalue weighted by atomic mass is 35.5. The predicted molar refractivity (Wildman–Crippen MR) is 141 cm³/mol. The largest absolute Gasteiger partial charge is 0.380 e. The molecule has 0 spiro atoms. The van der Waals surface area contributed by atoms with E-state index in [1.807, 2.05) is 48.5 Å². The van der Waals surface area contributed by atoms with Crippen LogP contribution in [0.5, 0.6) is 0 Å². The minimum atomic E-state index is -1.38. The van der Waals surface area contributed by atoms with Gasteiger partial charge < -0.3 is 15.1 Å². The lowest BCUT2D eigenvalue weighted by molar-refractivity contribution is -0.127. The van der Waals surface area contributed by atoms with Crippen molar-refractivity contribution in [3.05, 3.63) is 99.8 Å². The Hall–Kier alpha value is -2.57. The molecule has 0 bridgehead atoms. The van der Waals surface area contributed by atoms with Crippen LogP contribution in [0.4, 0.5) is 0 Å². The molecule has 35 heavy (non-hydrogen) atoms. The van der Waals surface area contributed by atoms with E-state index in [9.17, 15) is 10.2 Å². The van der Waals surface area contributed by atoms with Gasteiger partial charge in [0.15, 0.2) is 0 Å². The minimum Gasteiger partial charge on any atom is -0.380 e. The van der Waals surface area contributed by atoms with E-state index in [-0.39, 0.29) is 5.03 Å². The van der Waals surface area contributed by atoms with E-state index in [1.54, 1.807) is 19.2 Å². The molecule has 2 atom stereocenters. The summed E-state index contributed by atoms with van der Waals surface area (Å²) in [6.45, 7) is 9.55. The maximum absolute atomic E-state index is 12.4. The molecule has 1 fully saturated rings. The molecule has 2 heterocycles. The highest BCUT2D eigenvalue weighted by Crippen LogP contribution is 2.50. The summed E-state index contributed by atoms with van der Waals surface area (Å²) in [5.41, 5.74) is 0.768. The fourth-order valence-electron chi connectivity index (χ4n) is 5.17. The molecule has 0 saturated carbocycles. The van der Waals surface area contributed by atoms with Crippen LogP contribution in [0, 0.1) is 5.41 Å². The van der Waals surface area contributed by atoms with Gasteiger partial charge in [0.05, 0.1) is 16.9 Å². The molecular weight excluding hydrogens is 458 g/mol. The van der Waals surface area contributed by atoms with Crippen LogP contribution in [-0.4, -0.2) is 45.4 Å². The minimum absolute atomic E-state index is 0.217. The number of halogens is 1. The first kappa shape index (κ1) is 25.5. The lowest BCUT2D eigenvalue weighted by atomic mass is 9.62. The van der Waals surface area contributed by atoms with Gasteiger partial charge in [0.1, 0.15) is 11.2 Å². The van der Waals surface area contributed by atoms with Crippen molar-refractivity contribution < 1.29 is 10.2 Å². The Morgan fingerprint density at radius 2 is 1.66 bits per heavy atom. The highest BCUT2D eigenvalue weighted by molar-refractivity contribution is 6.32. The van der Waals surface area contributed by atoms with Gasteiger partial charge in [-0.25, -0.2) is 0 Å². The fraction of sp³-hybridized carbons (Fsp3) is 0.379. The van der Waals surface area contributed by atoms with Crippen molar-refractivity contribution in [1.29, 1.82) is 0 Å². The lowest BCUT2D eigenvalue weighted by Crippen LogP contribution is -2.63. The van der Waals surface area contributed by atoms with Crippen molar-refractivity contribution >= 4 is 17.7 Å². The molecule has 184 valence electrons. The van der Waals surface area contributed by atoms with Crippen molar-refractivity contribution in [2.45, 2.75) is 44.8 Å². The van der Waals surface area contributed by atoms with Gasteiger partial charge in [-0.3, -0.25) is 0 Å². The molecule has 4 rings (SSSR count). The first-order valence-corrected chi connectivity index (χ1v) is 12.4. The standard InChI is InChI=1S/C29H34ClN3O2/c1-20(2)21-11-13-23(14-12-21)29(35,27(3)18-33(5)19-27)24-15-25(32-31-17-24)16-26(30)28(4,34)22-9-7-6-8-10-22/h6-17,20,34-35H,18-19H2,1-5H3/t28?,29-/m0/s1. The number of likely N-dealkylation sites (tertiary alicyclic amines) is 1. The van der Waals surface area contributed by atoms with E-state index < -0.39 is 16.6 Å². The molecule has 2 aromatic carbocycles. The summed E-state index contributed by atoms with van der Waals surface area (Å²) in [5.74, 6) is 0.404. The Morgan fingerprint density at radius 3 is 2.23 bits per heavy atom. The van der Waals surface area contributed by atoms with E-state index >= 15 is 0 Å². The van der Waals surface area contributed by atoms with Crippen LogP contribution in [0.25, 0.3) is 6.08 Å². The SMILES string of the molecule is CC(C)c1ccc([C@](O)(c2cnnc(C=C(Cl)C(C)(O)c3ccccc3)c2)C2(C)CN(C)C2)cc1. The predicted octanol–water partition coefficient (Wildman–Crippen LogP) is 5.28. The summed E-state index contributed by atoms with van der Waals surface area (Å²) in [7, 11) is 2.05. The number of nitrogens with zero attached hydrogens (tertiary/aromatic N) is 3. The van der Waals surface area contributed by atoms with Crippen LogP contribution in [0.1, 0.15) is 61.6 Å². The van der Waals surface area contributed by atoms with Crippen LogP contribution < -0.4 is 0 Å². The van der Waals surface area contributed by atoms with Gasteiger partial charge in [0, 0.05) is 24.1 Å². The van der Waals surface area contributed by atoms with Gasteiger partial charge in [-0.2, -0.15) is 10.2 Å². The second kappa shape index (κ2) is 9.47. The van der Waals surface area contributed by atoms with Crippen molar-refractivity contribution in [2.75, 3.05) is 20.1 Å². The van der Waals surface area contributed by atoms with Crippen molar-refractivity contribution in [3.63, 3.8) is 0 Å². The monoisotopic (exact) mass is 491 g/mol. The number of aliphatic hydroxyl groups is 2. The Kier molecular flexibility index (Phi) is 6.91. The maximum atomic E-state index is 12.4. The molecule has 0 amide bonds. The summed E-state index contributed by atoms with van der Waals surface area (Å²) in [5, 5.41) is 32.1. The fourth-order valence-corrected chi connectivity index (χ4v) is 5.39. The zero-order chi connectivity index (χ0) is 25.4. The number of benzene rings is 2. The zero-order valence-electron chi connectivity index (χ0n) is 21.0. The molecule has 5 nitrogen and oxygen atoms in total. The molecule has 6 heteroatoms. The third-order valence-corrected chi connectivity index (χ3v) is 7.75. The molecule has 2 N–H and O–H groups in total. The smallest absolute Gasteiger partial charge is 0.124 e. The van der Waals surface area contributed by atoms with Crippen LogP contribution >= 0.6 is 11.6 Å². The van der Waals surface area contributed by atoms with Gasteiger partial charge in [0.25, 0.3) is 0 Å². The maximum Gasteiger partial charge on any atom is 0.124 e. The average molecular weight is 492 g/mol. The Bertz CT molecular complexity index is 1200. The van der Waals surface area contributed by atoms with E-state index in [0.717, 1.165) is 18.7 Å². The second-order valence-electron chi connectivity index (χ2n) is 10.5. The third kappa shape index (κ3) is 4.66. The second-order valence-corrected chi connectivity index (χ2v) is 10.9. The van der Waals surface area contributed by atoms with Crippen LogP contribution in [0.15, 0.2) is 71.9 Å². The Balaban J connectivity index is 1.77. The molecule has 1 saturated heterocycles.